The van der Waals surface area contributed by atoms with Gasteiger partial charge in [0.15, 0.2) is 0 Å². The van der Waals surface area contributed by atoms with Gasteiger partial charge in [-0.1, -0.05) is 32.0 Å². The second kappa shape index (κ2) is 3.65. The van der Waals surface area contributed by atoms with E-state index >= 15 is 0 Å². The lowest BCUT2D eigenvalue weighted by Crippen LogP contribution is -2.14. The molecule has 1 aromatic heterocycles. The second-order valence-corrected chi connectivity index (χ2v) is 5.31. The van der Waals surface area contributed by atoms with Crippen LogP contribution in [0.25, 0.3) is 10.9 Å². The van der Waals surface area contributed by atoms with Crippen molar-refractivity contribution < 1.29 is 0 Å². The highest BCUT2D eigenvalue weighted by molar-refractivity contribution is 5.85. The van der Waals surface area contributed by atoms with E-state index in [2.05, 4.69) is 43.1 Å². The average Bonchev–Trinajstić information content (AvgIpc) is 2.67. The average molecular weight is 213 g/mol. The van der Waals surface area contributed by atoms with E-state index in [-0.39, 0.29) is 0 Å². The fraction of sp³-hybridized carbons (Fsp3) is 0.467. The van der Waals surface area contributed by atoms with Gasteiger partial charge >= 0.3 is 0 Å². The summed E-state index contributed by atoms with van der Waals surface area (Å²) in [5.41, 5.74) is 4.42. The number of aryl methyl sites for hydroxylation is 1. The third-order valence-electron chi connectivity index (χ3n) is 3.96. The van der Waals surface area contributed by atoms with Crippen LogP contribution >= 0.6 is 0 Å². The lowest BCUT2D eigenvalue weighted by molar-refractivity contribution is 0.427. The molecule has 16 heavy (non-hydrogen) atoms. The largest absolute Gasteiger partial charge is 0.358 e. The number of hydrogen-bond donors (Lipinski definition) is 1. The quantitative estimate of drug-likeness (QED) is 0.729. The minimum absolute atomic E-state index is 0.733. The Morgan fingerprint density at radius 2 is 2.06 bits per heavy atom. The number of benzene rings is 1. The molecule has 0 aliphatic heterocycles. The summed E-state index contributed by atoms with van der Waals surface area (Å²) in [6, 6.07) is 8.72. The van der Waals surface area contributed by atoms with Crippen molar-refractivity contribution in [2.75, 3.05) is 0 Å². The molecule has 1 N–H and O–H groups in total. The van der Waals surface area contributed by atoms with Crippen LogP contribution in [0.15, 0.2) is 24.3 Å². The van der Waals surface area contributed by atoms with Gasteiger partial charge in [0.1, 0.15) is 0 Å². The fourth-order valence-corrected chi connectivity index (χ4v) is 3.12. The first-order valence-corrected chi connectivity index (χ1v) is 6.37. The monoisotopic (exact) mass is 213 g/mol. The van der Waals surface area contributed by atoms with Gasteiger partial charge in [0.25, 0.3) is 0 Å². The van der Waals surface area contributed by atoms with Crippen molar-refractivity contribution in [2.45, 2.75) is 39.0 Å². The van der Waals surface area contributed by atoms with Crippen LogP contribution in [0.4, 0.5) is 0 Å². The van der Waals surface area contributed by atoms with E-state index in [1.165, 1.54) is 35.9 Å². The standard InChI is InChI=1S/C15H19N/c1-10(2)11-7-5-8-13-12-6-3-4-9-14(12)16-15(11)13/h3-4,6,9-11,16H,5,7-8H2,1-2H3. The molecule has 1 unspecified atom stereocenters. The molecule has 1 heteroatoms. The summed E-state index contributed by atoms with van der Waals surface area (Å²) < 4.78 is 0. The minimum atomic E-state index is 0.733. The molecular weight excluding hydrogens is 194 g/mol. The number of aromatic amines is 1. The van der Waals surface area contributed by atoms with Crippen LogP contribution in [-0.2, 0) is 6.42 Å². The van der Waals surface area contributed by atoms with Gasteiger partial charge in [-0.25, -0.2) is 0 Å². The maximum Gasteiger partial charge on any atom is 0.0459 e. The van der Waals surface area contributed by atoms with Gasteiger partial charge in [-0.2, -0.15) is 0 Å². The first-order valence-electron chi connectivity index (χ1n) is 6.37. The summed E-state index contributed by atoms with van der Waals surface area (Å²) in [6.45, 7) is 4.68. The number of hydrogen-bond acceptors (Lipinski definition) is 0. The summed E-state index contributed by atoms with van der Waals surface area (Å²) in [6.07, 6.45) is 3.94. The molecule has 3 rings (SSSR count). The zero-order valence-corrected chi connectivity index (χ0v) is 10.1. The van der Waals surface area contributed by atoms with Crippen molar-refractivity contribution in [1.29, 1.82) is 0 Å². The Bertz CT molecular complexity index is 507. The highest BCUT2D eigenvalue weighted by Gasteiger charge is 2.25. The zero-order valence-electron chi connectivity index (χ0n) is 10.1. The molecule has 0 fully saturated rings. The van der Waals surface area contributed by atoms with E-state index in [0.717, 1.165) is 11.8 Å². The van der Waals surface area contributed by atoms with Gasteiger partial charge in [0.2, 0.25) is 0 Å². The Kier molecular flexibility index (Phi) is 2.27. The molecule has 1 nitrogen and oxygen atoms in total. The third kappa shape index (κ3) is 1.38. The summed E-state index contributed by atoms with van der Waals surface area (Å²) >= 11 is 0. The first kappa shape index (κ1) is 9.95. The van der Waals surface area contributed by atoms with E-state index in [4.69, 9.17) is 0 Å². The van der Waals surface area contributed by atoms with Crippen molar-refractivity contribution in [2.24, 2.45) is 5.92 Å². The zero-order chi connectivity index (χ0) is 11.1. The Balaban J connectivity index is 2.21. The predicted molar refractivity (Wildman–Crippen MR) is 68.8 cm³/mol. The van der Waals surface area contributed by atoms with Crippen molar-refractivity contribution in [3.63, 3.8) is 0 Å². The van der Waals surface area contributed by atoms with E-state index in [1.54, 1.807) is 5.56 Å². The topological polar surface area (TPSA) is 15.8 Å². The third-order valence-corrected chi connectivity index (χ3v) is 3.96. The van der Waals surface area contributed by atoms with Crippen molar-refractivity contribution in [1.82, 2.24) is 4.98 Å². The molecule has 0 amide bonds. The molecule has 1 atom stereocenters. The van der Waals surface area contributed by atoms with Crippen LogP contribution in [0.3, 0.4) is 0 Å². The highest BCUT2D eigenvalue weighted by Crippen LogP contribution is 2.39. The highest BCUT2D eigenvalue weighted by atomic mass is 14.7. The lowest BCUT2D eigenvalue weighted by atomic mass is 9.80. The Hall–Kier alpha value is -1.24. The smallest absolute Gasteiger partial charge is 0.0459 e. The van der Waals surface area contributed by atoms with E-state index < -0.39 is 0 Å². The van der Waals surface area contributed by atoms with Gasteiger partial charge < -0.3 is 4.98 Å². The summed E-state index contributed by atoms with van der Waals surface area (Å²) in [5.74, 6) is 1.48. The predicted octanol–water partition coefficient (Wildman–Crippen LogP) is 4.24. The van der Waals surface area contributed by atoms with Gasteiger partial charge in [-0.05, 0) is 36.8 Å². The molecule has 0 saturated heterocycles. The van der Waals surface area contributed by atoms with Gasteiger partial charge in [-0.15, -0.1) is 0 Å². The molecule has 0 spiro atoms. The molecular formula is C15H19N. The summed E-state index contributed by atoms with van der Waals surface area (Å²) in [4.78, 5) is 3.65. The molecule has 1 aromatic carbocycles. The van der Waals surface area contributed by atoms with E-state index in [9.17, 15) is 0 Å². The number of para-hydroxylation sites is 1. The van der Waals surface area contributed by atoms with Crippen LogP contribution in [0, 0.1) is 5.92 Å². The first-order chi connectivity index (χ1) is 7.77. The second-order valence-electron chi connectivity index (χ2n) is 5.31. The summed E-state index contributed by atoms with van der Waals surface area (Å²) in [7, 11) is 0. The molecule has 1 heterocycles. The Morgan fingerprint density at radius 1 is 1.25 bits per heavy atom. The number of aromatic nitrogens is 1. The molecule has 2 aromatic rings. The minimum Gasteiger partial charge on any atom is -0.358 e. The summed E-state index contributed by atoms with van der Waals surface area (Å²) in [5, 5.41) is 1.45. The molecule has 0 radical (unpaired) electrons. The number of nitrogens with one attached hydrogen (secondary N) is 1. The SMILES string of the molecule is CC(C)C1CCCc2c1[nH]c1ccccc21. The van der Waals surface area contributed by atoms with E-state index in [1.807, 2.05) is 0 Å². The molecule has 0 saturated carbocycles. The van der Waals surface area contributed by atoms with Gasteiger partial charge in [-0.3, -0.25) is 0 Å². The Morgan fingerprint density at radius 3 is 2.88 bits per heavy atom. The van der Waals surface area contributed by atoms with Crippen LogP contribution < -0.4 is 0 Å². The van der Waals surface area contributed by atoms with Crippen molar-refractivity contribution >= 4 is 10.9 Å². The molecule has 1 aliphatic carbocycles. The van der Waals surface area contributed by atoms with E-state index in [0.29, 0.717) is 0 Å². The number of fused-ring (bicyclic) bond motifs is 3. The number of rotatable bonds is 1. The lowest BCUT2D eigenvalue weighted by Gasteiger charge is -2.25. The molecule has 84 valence electrons. The fourth-order valence-electron chi connectivity index (χ4n) is 3.12. The maximum atomic E-state index is 3.65. The molecule has 0 bridgehead atoms. The number of H-pyrrole nitrogens is 1. The van der Waals surface area contributed by atoms with Crippen LogP contribution in [0.2, 0.25) is 0 Å². The normalized spacial score (nSPS) is 20.3. The Labute approximate surface area is 96.9 Å². The maximum absolute atomic E-state index is 3.65. The van der Waals surface area contributed by atoms with Gasteiger partial charge in [0, 0.05) is 22.5 Å². The van der Waals surface area contributed by atoms with Crippen LogP contribution in [0.5, 0.6) is 0 Å². The van der Waals surface area contributed by atoms with Gasteiger partial charge in [0.05, 0.1) is 0 Å². The van der Waals surface area contributed by atoms with Crippen molar-refractivity contribution in [3.05, 3.63) is 35.5 Å². The van der Waals surface area contributed by atoms with Crippen LogP contribution in [-0.4, -0.2) is 4.98 Å². The van der Waals surface area contributed by atoms with Crippen molar-refractivity contribution in [3.8, 4) is 0 Å². The molecule has 1 aliphatic rings. The van der Waals surface area contributed by atoms with Crippen LogP contribution in [0.1, 0.15) is 43.9 Å².